The zero-order chi connectivity index (χ0) is 16.0. The van der Waals surface area contributed by atoms with E-state index in [1.165, 1.54) is 6.92 Å². The summed E-state index contributed by atoms with van der Waals surface area (Å²) in [5.74, 6) is -3.83. The first-order valence-electron chi connectivity index (χ1n) is 4.85. The summed E-state index contributed by atoms with van der Waals surface area (Å²) >= 11 is 0. The third-order valence-corrected chi connectivity index (χ3v) is 1.09. The van der Waals surface area contributed by atoms with Crippen molar-refractivity contribution in [3.8, 4) is 0 Å². The van der Waals surface area contributed by atoms with E-state index in [1.54, 1.807) is 0 Å². The predicted octanol–water partition coefficient (Wildman–Crippen LogP) is -1.48. The van der Waals surface area contributed by atoms with E-state index in [2.05, 4.69) is 6.58 Å². The summed E-state index contributed by atoms with van der Waals surface area (Å²) in [5.41, 5.74) is 0. The molecule has 0 saturated heterocycles. The minimum atomic E-state index is -1.79. The molecule has 0 aromatic rings. The van der Waals surface area contributed by atoms with Gasteiger partial charge in [-0.2, -0.15) is 0 Å². The lowest BCUT2D eigenvalue weighted by molar-refractivity contribution is -0.152. The summed E-state index contributed by atoms with van der Waals surface area (Å²) in [6.45, 7) is 4.35. The van der Waals surface area contributed by atoms with Crippen LogP contribution in [0.1, 0.15) is 13.3 Å². The van der Waals surface area contributed by atoms with E-state index < -0.39 is 36.5 Å². The Morgan fingerprint density at radius 2 is 1.47 bits per heavy atom. The molecule has 0 amide bonds. The highest BCUT2D eigenvalue weighted by Gasteiger charge is 2.16. The molecule has 0 aliphatic heterocycles. The third-order valence-electron chi connectivity index (χ3n) is 1.09. The molecular weight excluding hydrogens is 264 g/mol. The van der Waals surface area contributed by atoms with Gasteiger partial charge in [0.25, 0.3) is 0 Å². The van der Waals surface area contributed by atoms with Gasteiger partial charge in [-0.1, -0.05) is 6.58 Å². The highest BCUT2D eigenvalue weighted by Crippen LogP contribution is 1.89. The zero-order valence-electron chi connectivity index (χ0n) is 10.3. The molecular formula is C10H18O9. The maximum Gasteiger partial charge on any atom is 0.333 e. The van der Waals surface area contributed by atoms with Crippen LogP contribution in [0, 0.1) is 0 Å². The summed E-state index contributed by atoms with van der Waals surface area (Å²) in [6, 6.07) is 0. The maximum atomic E-state index is 9.72. The Labute approximate surface area is 109 Å². The topological polar surface area (TPSA) is 173 Å². The summed E-state index contributed by atoms with van der Waals surface area (Å²) in [7, 11) is 0. The van der Waals surface area contributed by atoms with Gasteiger partial charge in [-0.3, -0.25) is 4.79 Å². The van der Waals surface area contributed by atoms with Crippen molar-refractivity contribution in [2.45, 2.75) is 25.6 Å². The van der Waals surface area contributed by atoms with Crippen LogP contribution in [0.25, 0.3) is 0 Å². The molecule has 0 rings (SSSR count). The molecule has 6 N–H and O–H groups in total. The second kappa shape index (κ2) is 14.1. The number of carbonyl (C=O) groups is 3. The lowest BCUT2D eigenvalue weighted by Gasteiger charge is -1.97. The molecule has 0 bridgehead atoms. The van der Waals surface area contributed by atoms with Crippen LogP contribution in [0.15, 0.2) is 12.7 Å². The molecule has 19 heavy (non-hydrogen) atoms. The van der Waals surface area contributed by atoms with E-state index in [1.807, 2.05) is 0 Å². The lowest BCUT2D eigenvalue weighted by atomic mass is 10.3. The molecule has 0 aromatic carbocycles. The Kier molecular flexibility index (Phi) is 16.5. The smallest absolute Gasteiger partial charge is 0.333 e. The summed E-state index contributed by atoms with van der Waals surface area (Å²) in [5, 5.41) is 47.8. The van der Waals surface area contributed by atoms with E-state index in [9.17, 15) is 14.4 Å². The fourth-order valence-corrected chi connectivity index (χ4v) is 0.253. The van der Waals surface area contributed by atoms with Crippen LogP contribution in [0.5, 0.6) is 0 Å². The standard InChI is InChI=1S/C4H6O5.C3H8O2.C3H4O2/c5-2(4(8)9)1-3(6)7;1-3(5)2-4;1-2-3(4)5/h2,5H,1H2,(H,6,7)(H,8,9);3-5H,2H2,1H3;2H,1H2,(H,4,5). The van der Waals surface area contributed by atoms with Gasteiger partial charge in [0.2, 0.25) is 0 Å². The Bertz CT molecular complexity index is 285. The van der Waals surface area contributed by atoms with Crippen LogP contribution >= 0.6 is 0 Å². The molecule has 112 valence electrons. The lowest BCUT2D eigenvalue weighted by Crippen LogP contribution is -2.22. The van der Waals surface area contributed by atoms with Crippen molar-refractivity contribution in [2.75, 3.05) is 6.61 Å². The van der Waals surface area contributed by atoms with Gasteiger partial charge in [0.05, 0.1) is 19.1 Å². The van der Waals surface area contributed by atoms with Gasteiger partial charge >= 0.3 is 17.9 Å². The first kappa shape index (κ1) is 22.2. The third kappa shape index (κ3) is 31.4. The number of aliphatic hydroxyl groups excluding tert-OH is 3. The van der Waals surface area contributed by atoms with E-state index >= 15 is 0 Å². The quantitative estimate of drug-likeness (QED) is 0.329. The van der Waals surface area contributed by atoms with Crippen LogP contribution in [0.2, 0.25) is 0 Å². The minimum Gasteiger partial charge on any atom is -0.481 e. The van der Waals surface area contributed by atoms with Gasteiger partial charge in [-0.05, 0) is 6.92 Å². The Hall–Kier alpha value is -1.97. The summed E-state index contributed by atoms with van der Waals surface area (Å²) in [4.78, 5) is 28.7. The largest absolute Gasteiger partial charge is 0.481 e. The van der Waals surface area contributed by atoms with Crippen molar-refractivity contribution in [1.82, 2.24) is 0 Å². The predicted molar refractivity (Wildman–Crippen MR) is 62.5 cm³/mol. The highest BCUT2D eigenvalue weighted by molar-refractivity contribution is 5.79. The zero-order valence-corrected chi connectivity index (χ0v) is 10.3. The Morgan fingerprint density at radius 3 is 1.53 bits per heavy atom. The van der Waals surface area contributed by atoms with Crippen molar-refractivity contribution < 1.29 is 45.0 Å². The van der Waals surface area contributed by atoms with E-state index in [-0.39, 0.29) is 6.61 Å². The second-order valence-electron chi connectivity index (χ2n) is 3.03. The number of aliphatic carboxylic acids is 3. The molecule has 0 fully saturated rings. The molecule has 2 unspecified atom stereocenters. The monoisotopic (exact) mass is 282 g/mol. The highest BCUT2D eigenvalue weighted by atomic mass is 16.4. The SMILES string of the molecule is C=CC(=O)O.CC(O)CO.O=C(O)CC(O)C(=O)O. The molecule has 0 aliphatic carbocycles. The van der Waals surface area contributed by atoms with Gasteiger partial charge in [0.1, 0.15) is 0 Å². The molecule has 0 aliphatic rings. The molecule has 2 atom stereocenters. The second-order valence-corrected chi connectivity index (χ2v) is 3.03. The van der Waals surface area contributed by atoms with Crippen LogP contribution < -0.4 is 0 Å². The Balaban J connectivity index is -0.000000219. The van der Waals surface area contributed by atoms with Gasteiger partial charge in [0, 0.05) is 6.08 Å². The van der Waals surface area contributed by atoms with Crippen molar-refractivity contribution in [3.05, 3.63) is 12.7 Å². The summed E-state index contributed by atoms with van der Waals surface area (Å²) in [6.07, 6.45) is -2.27. The van der Waals surface area contributed by atoms with Crippen LogP contribution in [-0.4, -0.2) is 67.4 Å². The Morgan fingerprint density at radius 1 is 1.16 bits per heavy atom. The van der Waals surface area contributed by atoms with Crippen molar-refractivity contribution in [2.24, 2.45) is 0 Å². The van der Waals surface area contributed by atoms with Gasteiger partial charge in [0.15, 0.2) is 6.10 Å². The molecule has 0 aromatic heterocycles. The average Bonchev–Trinajstić information content (AvgIpc) is 2.29. The maximum absolute atomic E-state index is 9.72. The van der Waals surface area contributed by atoms with Crippen LogP contribution in [0.4, 0.5) is 0 Å². The molecule has 0 radical (unpaired) electrons. The average molecular weight is 282 g/mol. The molecule has 0 saturated carbocycles. The first-order valence-corrected chi connectivity index (χ1v) is 4.85. The van der Waals surface area contributed by atoms with Crippen LogP contribution in [-0.2, 0) is 14.4 Å². The number of carboxylic acids is 3. The fourth-order valence-electron chi connectivity index (χ4n) is 0.253. The fraction of sp³-hybridized carbons (Fsp3) is 0.500. The number of hydrogen-bond acceptors (Lipinski definition) is 6. The van der Waals surface area contributed by atoms with Gasteiger partial charge < -0.3 is 30.6 Å². The number of aliphatic hydroxyl groups is 3. The van der Waals surface area contributed by atoms with Gasteiger partial charge in [-0.15, -0.1) is 0 Å². The first-order chi connectivity index (χ1) is 8.58. The van der Waals surface area contributed by atoms with Crippen LogP contribution in [0.3, 0.4) is 0 Å². The summed E-state index contributed by atoms with van der Waals surface area (Å²) < 4.78 is 0. The molecule has 9 heteroatoms. The molecule has 9 nitrogen and oxygen atoms in total. The van der Waals surface area contributed by atoms with E-state index in [0.29, 0.717) is 0 Å². The number of hydrogen-bond donors (Lipinski definition) is 6. The van der Waals surface area contributed by atoms with Gasteiger partial charge in [-0.25, -0.2) is 9.59 Å². The molecule has 0 spiro atoms. The normalized spacial score (nSPS) is 11.6. The van der Waals surface area contributed by atoms with Crippen molar-refractivity contribution in [3.63, 3.8) is 0 Å². The van der Waals surface area contributed by atoms with Crippen molar-refractivity contribution >= 4 is 17.9 Å². The molecule has 0 heterocycles. The van der Waals surface area contributed by atoms with E-state index in [0.717, 1.165) is 6.08 Å². The van der Waals surface area contributed by atoms with E-state index in [4.69, 9.17) is 30.6 Å². The minimum absolute atomic E-state index is 0.139. The van der Waals surface area contributed by atoms with Crippen molar-refractivity contribution in [1.29, 1.82) is 0 Å². The number of carboxylic acid groups (broad SMARTS) is 3. The number of rotatable bonds is 5.